The Hall–Kier alpha value is 0.470. The van der Waals surface area contributed by atoms with Crippen LogP contribution in [0.5, 0.6) is 0 Å². The Labute approximate surface area is 57.7 Å². The van der Waals surface area contributed by atoms with Crippen LogP contribution < -0.4 is 0 Å². The zero-order valence-electron chi connectivity index (χ0n) is 4.46. The highest BCUT2D eigenvalue weighted by Crippen LogP contribution is 2.15. The lowest BCUT2D eigenvalue weighted by atomic mass is 10.4. The first-order valence-electron chi connectivity index (χ1n) is 2.04. The molecule has 0 aromatic rings. The van der Waals surface area contributed by atoms with Crippen LogP contribution in [0, 0.1) is 0 Å². The van der Waals surface area contributed by atoms with E-state index in [9.17, 15) is 4.39 Å². The monoisotopic (exact) mass is 160 g/mol. The third-order valence-corrected chi connectivity index (χ3v) is 1.56. The van der Waals surface area contributed by atoms with Crippen LogP contribution in [0.4, 0.5) is 4.39 Å². The Bertz CT molecular complexity index is 56.8. The van der Waals surface area contributed by atoms with Crippen LogP contribution >= 0.6 is 23.2 Å². The number of hydrogen-bond donors (Lipinski definition) is 0. The first kappa shape index (κ1) is 8.47. The summed E-state index contributed by atoms with van der Waals surface area (Å²) in [6.45, 7) is 0. The van der Waals surface area contributed by atoms with Gasteiger partial charge in [0, 0.05) is 7.11 Å². The van der Waals surface area contributed by atoms with Crippen molar-refractivity contribution in [3.8, 4) is 0 Å². The average molecular weight is 161 g/mol. The van der Waals surface area contributed by atoms with Crippen molar-refractivity contribution >= 4 is 23.2 Å². The van der Waals surface area contributed by atoms with E-state index in [1.54, 1.807) is 0 Å². The first-order valence-corrected chi connectivity index (χ1v) is 3.11. The van der Waals surface area contributed by atoms with Gasteiger partial charge < -0.3 is 4.74 Å². The van der Waals surface area contributed by atoms with E-state index in [1.165, 1.54) is 7.11 Å². The van der Waals surface area contributed by atoms with Gasteiger partial charge >= 0.3 is 0 Å². The van der Waals surface area contributed by atoms with Gasteiger partial charge in [-0.05, 0) is 0 Å². The molecule has 0 fully saturated rings. The largest absolute Gasteiger partial charge is 0.347 e. The van der Waals surface area contributed by atoms with Crippen molar-refractivity contribution in [2.45, 2.75) is 5.85 Å². The van der Waals surface area contributed by atoms with Gasteiger partial charge in [-0.3, -0.25) is 0 Å². The maximum absolute atomic E-state index is 12.5. The molecule has 0 aliphatic carbocycles. The highest BCUT2D eigenvalue weighted by molar-refractivity contribution is 6.21. The first-order chi connectivity index (χ1) is 3.68. The topological polar surface area (TPSA) is 9.23 Å². The van der Waals surface area contributed by atoms with Gasteiger partial charge in [0.2, 0.25) is 5.85 Å². The van der Waals surface area contributed by atoms with Gasteiger partial charge in [0.05, 0.1) is 11.8 Å². The molecule has 0 aliphatic heterocycles. The zero-order valence-corrected chi connectivity index (χ0v) is 5.97. The minimum atomic E-state index is -1.84. The van der Waals surface area contributed by atoms with Crippen LogP contribution in [0.1, 0.15) is 0 Å². The second kappa shape index (κ2) is 3.49. The zero-order chi connectivity index (χ0) is 6.62. The molecule has 0 amide bonds. The van der Waals surface area contributed by atoms with E-state index < -0.39 is 5.85 Å². The summed E-state index contributed by atoms with van der Waals surface area (Å²) in [6.07, 6.45) is 0. The smallest absolute Gasteiger partial charge is 0.236 e. The maximum atomic E-state index is 12.5. The van der Waals surface area contributed by atoms with Crippen molar-refractivity contribution in [1.82, 2.24) is 0 Å². The third-order valence-electron chi connectivity index (χ3n) is 0.765. The fourth-order valence-electron chi connectivity index (χ4n) is 0.145. The number of halogens is 3. The SMILES string of the molecule is COC(F)(CCl)CCl. The molecule has 8 heavy (non-hydrogen) atoms. The fraction of sp³-hybridized carbons (Fsp3) is 1.00. The molecule has 0 saturated carbocycles. The quantitative estimate of drug-likeness (QED) is 0.573. The Morgan fingerprint density at radius 2 is 1.88 bits per heavy atom. The van der Waals surface area contributed by atoms with Crippen LogP contribution in [-0.2, 0) is 4.74 Å². The lowest BCUT2D eigenvalue weighted by molar-refractivity contribution is -0.0822. The molecule has 0 radical (unpaired) electrons. The molecule has 0 saturated heterocycles. The summed E-state index contributed by atoms with van der Waals surface area (Å²) in [5.74, 6) is -2.30. The second-order valence-electron chi connectivity index (χ2n) is 1.35. The Morgan fingerprint density at radius 3 is 1.88 bits per heavy atom. The number of rotatable bonds is 3. The molecule has 4 heteroatoms. The van der Waals surface area contributed by atoms with Crippen molar-refractivity contribution in [3.63, 3.8) is 0 Å². The molecule has 0 aromatic heterocycles. The van der Waals surface area contributed by atoms with Gasteiger partial charge in [-0.15, -0.1) is 23.2 Å². The molecule has 0 aliphatic rings. The van der Waals surface area contributed by atoms with Gasteiger partial charge in [0.1, 0.15) is 0 Å². The summed E-state index contributed by atoms with van der Waals surface area (Å²) in [5, 5.41) is 0. The van der Waals surface area contributed by atoms with Gasteiger partial charge in [-0.1, -0.05) is 0 Å². The predicted molar refractivity (Wildman–Crippen MR) is 32.3 cm³/mol. The van der Waals surface area contributed by atoms with E-state index in [2.05, 4.69) is 4.74 Å². The van der Waals surface area contributed by atoms with Crippen LogP contribution in [0.25, 0.3) is 0 Å². The standard InChI is InChI=1S/C4H7Cl2FO/c1-8-4(7,2-5)3-6/h2-3H2,1H3. The lowest BCUT2D eigenvalue weighted by Crippen LogP contribution is -2.29. The van der Waals surface area contributed by atoms with Gasteiger partial charge in [-0.25, -0.2) is 4.39 Å². The van der Waals surface area contributed by atoms with Gasteiger partial charge in [0.15, 0.2) is 0 Å². The normalized spacial score (nSPS) is 12.0. The molecule has 50 valence electrons. The van der Waals surface area contributed by atoms with Crippen LogP contribution in [0.15, 0.2) is 0 Å². The molecule has 0 spiro atoms. The van der Waals surface area contributed by atoms with Gasteiger partial charge in [-0.2, -0.15) is 0 Å². The summed E-state index contributed by atoms with van der Waals surface area (Å²) in [5.41, 5.74) is 0. The van der Waals surface area contributed by atoms with Crippen molar-refractivity contribution in [3.05, 3.63) is 0 Å². The van der Waals surface area contributed by atoms with Crippen LogP contribution in [0.2, 0.25) is 0 Å². The number of methoxy groups -OCH3 is 1. The third kappa shape index (κ3) is 2.16. The molecule has 0 unspecified atom stereocenters. The summed E-state index contributed by atoms with van der Waals surface area (Å²) in [4.78, 5) is 0. The van der Waals surface area contributed by atoms with E-state index in [0.717, 1.165) is 0 Å². The molecular weight excluding hydrogens is 154 g/mol. The summed E-state index contributed by atoms with van der Waals surface area (Å²) in [7, 11) is 1.23. The molecule has 0 heterocycles. The summed E-state index contributed by atoms with van der Waals surface area (Å²) < 4.78 is 16.8. The molecule has 0 atom stereocenters. The van der Waals surface area contributed by atoms with E-state index in [-0.39, 0.29) is 11.8 Å². The molecule has 0 rings (SSSR count). The minimum Gasteiger partial charge on any atom is -0.347 e. The van der Waals surface area contributed by atoms with Crippen LogP contribution in [0.3, 0.4) is 0 Å². The van der Waals surface area contributed by atoms with Crippen molar-refractivity contribution in [2.24, 2.45) is 0 Å². The summed E-state index contributed by atoms with van der Waals surface area (Å²) in [6, 6.07) is 0. The van der Waals surface area contributed by atoms with Crippen molar-refractivity contribution in [1.29, 1.82) is 0 Å². The second-order valence-corrected chi connectivity index (χ2v) is 1.89. The highest BCUT2D eigenvalue weighted by Gasteiger charge is 2.26. The van der Waals surface area contributed by atoms with E-state index in [1.807, 2.05) is 0 Å². The van der Waals surface area contributed by atoms with Gasteiger partial charge in [0.25, 0.3) is 0 Å². The minimum absolute atomic E-state index is 0.229. The molecule has 0 aromatic carbocycles. The Balaban J connectivity index is 3.58. The van der Waals surface area contributed by atoms with Crippen molar-refractivity contribution in [2.75, 3.05) is 18.9 Å². The lowest BCUT2D eigenvalue weighted by Gasteiger charge is -2.16. The molecular formula is C4H7Cl2FO. The number of alkyl halides is 3. The maximum Gasteiger partial charge on any atom is 0.236 e. The highest BCUT2D eigenvalue weighted by atomic mass is 35.5. The van der Waals surface area contributed by atoms with Crippen LogP contribution in [-0.4, -0.2) is 24.7 Å². The summed E-state index contributed by atoms with van der Waals surface area (Å²) >= 11 is 10.2. The predicted octanol–water partition coefficient (Wildman–Crippen LogP) is 1.78. The molecule has 1 nitrogen and oxygen atoms in total. The van der Waals surface area contributed by atoms with E-state index in [4.69, 9.17) is 23.2 Å². The molecule has 0 N–H and O–H groups in total. The fourth-order valence-corrected chi connectivity index (χ4v) is 0.649. The molecule has 0 bridgehead atoms. The average Bonchev–Trinajstić information content (AvgIpc) is 1.87. The van der Waals surface area contributed by atoms with E-state index >= 15 is 0 Å². The van der Waals surface area contributed by atoms with Crippen molar-refractivity contribution < 1.29 is 9.13 Å². The Kier molecular flexibility index (Phi) is 3.69. The number of hydrogen-bond acceptors (Lipinski definition) is 1. The van der Waals surface area contributed by atoms with E-state index in [0.29, 0.717) is 0 Å². The Morgan fingerprint density at radius 1 is 1.50 bits per heavy atom. The number of ether oxygens (including phenoxy) is 1.